The van der Waals surface area contributed by atoms with Gasteiger partial charge in [0.2, 0.25) is 11.8 Å². The van der Waals surface area contributed by atoms with Crippen molar-refractivity contribution in [2.24, 2.45) is 0 Å². The van der Waals surface area contributed by atoms with Gasteiger partial charge in [-0.2, -0.15) is 0 Å². The maximum Gasteiger partial charge on any atom is 0.225 e. The van der Waals surface area contributed by atoms with Crippen LogP contribution in [0.4, 0.5) is 0 Å². The minimum atomic E-state index is -0.421. The lowest BCUT2D eigenvalue weighted by Crippen LogP contribution is -2.35. The van der Waals surface area contributed by atoms with Crippen LogP contribution in [0.5, 0.6) is 0 Å². The Morgan fingerprint density at radius 1 is 1.40 bits per heavy atom. The summed E-state index contributed by atoms with van der Waals surface area (Å²) < 4.78 is 0. The van der Waals surface area contributed by atoms with Crippen molar-refractivity contribution in [1.82, 2.24) is 10.2 Å². The summed E-state index contributed by atoms with van der Waals surface area (Å²) >= 11 is 0. The first-order valence-electron chi connectivity index (χ1n) is 6.84. The number of carbonyl (C=O) groups is 2. The van der Waals surface area contributed by atoms with Gasteiger partial charge in [0, 0.05) is 20.0 Å². The molecule has 1 aliphatic rings. The number of likely N-dealkylation sites (tertiary alicyclic amines) is 1. The molecule has 20 heavy (non-hydrogen) atoms. The second kappa shape index (κ2) is 6.52. The van der Waals surface area contributed by atoms with Crippen molar-refractivity contribution in [3.63, 3.8) is 0 Å². The first-order valence-corrected chi connectivity index (χ1v) is 6.84. The highest BCUT2D eigenvalue weighted by Crippen LogP contribution is 2.19. The van der Waals surface area contributed by atoms with Gasteiger partial charge in [-0.15, -0.1) is 0 Å². The third kappa shape index (κ3) is 3.81. The lowest BCUT2D eigenvalue weighted by Gasteiger charge is -2.22. The molecule has 1 saturated heterocycles. The Hall–Kier alpha value is -1.88. The van der Waals surface area contributed by atoms with Crippen molar-refractivity contribution in [3.05, 3.63) is 35.9 Å². The molecule has 2 N–H and O–H groups in total. The van der Waals surface area contributed by atoms with E-state index < -0.39 is 6.10 Å². The minimum Gasteiger partial charge on any atom is -0.391 e. The van der Waals surface area contributed by atoms with E-state index in [4.69, 9.17) is 0 Å². The quantitative estimate of drug-likeness (QED) is 0.856. The van der Waals surface area contributed by atoms with Gasteiger partial charge in [-0.05, 0) is 12.0 Å². The topological polar surface area (TPSA) is 69.6 Å². The van der Waals surface area contributed by atoms with E-state index >= 15 is 0 Å². The van der Waals surface area contributed by atoms with Crippen LogP contribution in [-0.4, -0.2) is 41.0 Å². The normalized spacial score (nSPS) is 19.7. The molecule has 0 bridgehead atoms. The van der Waals surface area contributed by atoms with Crippen LogP contribution in [0.15, 0.2) is 30.3 Å². The standard InChI is InChI=1S/C15H20N2O3/c1-11(18)16-14(12-5-3-2-4-6-12)9-15(20)17-8-7-13(19)10-17/h2-6,13-14,19H,7-10H2,1H3,(H,16,18)/t13-,14?/m1/s1. The number of nitrogens with one attached hydrogen (secondary N) is 1. The van der Waals surface area contributed by atoms with Crippen molar-refractivity contribution in [3.8, 4) is 0 Å². The van der Waals surface area contributed by atoms with Gasteiger partial charge in [0.1, 0.15) is 0 Å². The number of aliphatic hydroxyl groups excluding tert-OH is 1. The zero-order valence-electron chi connectivity index (χ0n) is 11.6. The molecule has 0 saturated carbocycles. The Labute approximate surface area is 118 Å². The number of benzene rings is 1. The van der Waals surface area contributed by atoms with Crippen LogP contribution in [0, 0.1) is 0 Å². The second-order valence-corrected chi connectivity index (χ2v) is 5.15. The van der Waals surface area contributed by atoms with Crippen LogP contribution in [0.25, 0.3) is 0 Å². The summed E-state index contributed by atoms with van der Waals surface area (Å²) in [6, 6.07) is 9.13. The molecule has 0 aliphatic carbocycles. The summed E-state index contributed by atoms with van der Waals surface area (Å²) in [7, 11) is 0. The summed E-state index contributed by atoms with van der Waals surface area (Å²) in [5.41, 5.74) is 0.913. The number of aliphatic hydroxyl groups is 1. The summed E-state index contributed by atoms with van der Waals surface area (Å²) in [4.78, 5) is 25.2. The Balaban J connectivity index is 2.04. The summed E-state index contributed by atoms with van der Waals surface area (Å²) in [6.45, 7) is 2.42. The minimum absolute atomic E-state index is 0.0378. The Morgan fingerprint density at radius 3 is 2.65 bits per heavy atom. The first-order chi connectivity index (χ1) is 9.56. The van der Waals surface area contributed by atoms with Crippen LogP contribution in [0.1, 0.15) is 31.4 Å². The zero-order chi connectivity index (χ0) is 14.5. The molecule has 2 atom stereocenters. The van der Waals surface area contributed by atoms with Gasteiger partial charge in [0.05, 0.1) is 18.6 Å². The van der Waals surface area contributed by atoms with Gasteiger partial charge in [0.25, 0.3) is 0 Å². The van der Waals surface area contributed by atoms with E-state index in [-0.39, 0.29) is 24.3 Å². The highest BCUT2D eigenvalue weighted by molar-refractivity contribution is 5.79. The van der Waals surface area contributed by atoms with E-state index in [9.17, 15) is 14.7 Å². The average molecular weight is 276 g/mol. The zero-order valence-corrected chi connectivity index (χ0v) is 11.6. The maximum atomic E-state index is 12.2. The summed E-state index contributed by atoms with van der Waals surface area (Å²) in [6.07, 6.45) is 0.424. The van der Waals surface area contributed by atoms with E-state index in [2.05, 4.69) is 5.32 Å². The molecule has 1 unspecified atom stereocenters. The summed E-state index contributed by atoms with van der Waals surface area (Å²) in [5, 5.41) is 12.3. The molecular weight excluding hydrogens is 256 g/mol. The number of carbonyl (C=O) groups excluding carboxylic acids is 2. The molecule has 0 radical (unpaired) electrons. The van der Waals surface area contributed by atoms with Gasteiger partial charge in [-0.1, -0.05) is 30.3 Å². The molecule has 5 nitrogen and oxygen atoms in total. The average Bonchev–Trinajstić information content (AvgIpc) is 2.85. The second-order valence-electron chi connectivity index (χ2n) is 5.15. The van der Waals surface area contributed by atoms with Crippen LogP contribution in [-0.2, 0) is 9.59 Å². The Bertz CT molecular complexity index is 475. The predicted molar refractivity (Wildman–Crippen MR) is 74.8 cm³/mol. The van der Waals surface area contributed by atoms with Crippen LogP contribution < -0.4 is 5.32 Å². The molecule has 1 aliphatic heterocycles. The van der Waals surface area contributed by atoms with E-state index in [0.29, 0.717) is 19.5 Å². The lowest BCUT2D eigenvalue weighted by molar-refractivity contribution is -0.131. The van der Waals surface area contributed by atoms with Crippen LogP contribution in [0.2, 0.25) is 0 Å². The Morgan fingerprint density at radius 2 is 2.10 bits per heavy atom. The van der Waals surface area contributed by atoms with Crippen molar-refractivity contribution < 1.29 is 14.7 Å². The van der Waals surface area contributed by atoms with Gasteiger partial charge in [-0.3, -0.25) is 9.59 Å². The Kier molecular flexibility index (Phi) is 4.74. The number of hydrogen-bond donors (Lipinski definition) is 2. The van der Waals surface area contributed by atoms with Crippen molar-refractivity contribution in [2.45, 2.75) is 31.9 Å². The number of β-amino-alcohol motifs (C(OH)–C–C–N with tert-alkyl or cyclic N) is 1. The number of rotatable bonds is 4. The largest absolute Gasteiger partial charge is 0.391 e. The molecule has 2 amide bonds. The SMILES string of the molecule is CC(=O)NC(CC(=O)N1CC[C@@H](O)C1)c1ccccc1. The molecule has 1 heterocycles. The van der Waals surface area contributed by atoms with Gasteiger partial charge in [0.15, 0.2) is 0 Å². The van der Waals surface area contributed by atoms with E-state index in [1.807, 2.05) is 30.3 Å². The van der Waals surface area contributed by atoms with Crippen molar-refractivity contribution in [1.29, 1.82) is 0 Å². The van der Waals surface area contributed by atoms with E-state index in [1.165, 1.54) is 6.92 Å². The molecule has 108 valence electrons. The molecule has 1 aromatic rings. The highest BCUT2D eigenvalue weighted by Gasteiger charge is 2.27. The molecule has 5 heteroatoms. The fraction of sp³-hybridized carbons (Fsp3) is 0.467. The van der Waals surface area contributed by atoms with Gasteiger partial charge >= 0.3 is 0 Å². The molecule has 2 rings (SSSR count). The third-order valence-electron chi connectivity index (χ3n) is 3.47. The third-order valence-corrected chi connectivity index (χ3v) is 3.47. The highest BCUT2D eigenvalue weighted by atomic mass is 16.3. The predicted octanol–water partition coefficient (Wildman–Crippen LogP) is 0.847. The van der Waals surface area contributed by atoms with E-state index in [1.54, 1.807) is 4.90 Å². The van der Waals surface area contributed by atoms with Crippen LogP contribution >= 0.6 is 0 Å². The van der Waals surface area contributed by atoms with Crippen molar-refractivity contribution in [2.75, 3.05) is 13.1 Å². The molecule has 1 aromatic carbocycles. The van der Waals surface area contributed by atoms with Crippen molar-refractivity contribution >= 4 is 11.8 Å². The summed E-state index contributed by atoms with van der Waals surface area (Å²) in [5.74, 6) is -0.197. The fourth-order valence-corrected chi connectivity index (χ4v) is 2.45. The smallest absolute Gasteiger partial charge is 0.225 e. The molecular formula is C15H20N2O3. The molecule has 0 aromatic heterocycles. The molecule has 0 spiro atoms. The number of amides is 2. The van der Waals surface area contributed by atoms with Gasteiger partial charge in [-0.25, -0.2) is 0 Å². The fourth-order valence-electron chi connectivity index (χ4n) is 2.45. The first kappa shape index (κ1) is 14.5. The van der Waals surface area contributed by atoms with E-state index in [0.717, 1.165) is 5.56 Å². The lowest BCUT2D eigenvalue weighted by atomic mass is 10.0. The number of nitrogens with zero attached hydrogens (tertiary/aromatic N) is 1. The monoisotopic (exact) mass is 276 g/mol. The number of hydrogen-bond acceptors (Lipinski definition) is 3. The van der Waals surface area contributed by atoms with Gasteiger partial charge < -0.3 is 15.3 Å². The molecule has 1 fully saturated rings. The van der Waals surface area contributed by atoms with Crippen LogP contribution in [0.3, 0.4) is 0 Å². The maximum absolute atomic E-state index is 12.2.